The van der Waals surface area contributed by atoms with Gasteiger partial charge in [0, 0.05) is 18.3 Å². The lowest BCUT2D eigenvalue weighted by molar-refractivity contribution is -0.139. The second kappa shape index (κ2) is 12.3. The minimum atomic E-state index is -2.37. The molecule has 0 saturated carbocycles. The highest BCUT2D eigenvalue weighted by molar-refractivity contribution is 6.85. The molecule has 0 rings (SSSR count). The molecule has 0 saturated heterocycles. The van der Waals surface area contributed by atoms with Crippen molar-refractivity contribution < 1.29 is 32.8 Å². The maximum atomic E-state index is 11.7. The quantitative estimate of drug-likeness (QED) is 0.273. The molecule has 5 atom stereocenters. The van der Waals surface area contributed by atoms with Crippen LogP contribution in [0.2, 0.25) is 32.2 Å². The first-order valence-electron chi connectivity index (χ1n) is 9.67. The van der Waals surface area contributed by atoms with Crippen molar-refractivity contribution in [2.45, 2.75) is 70.8 Å². The zero-order valence-electron chi connectivity index (χ0n) is 17.8. The van der Waals surface area contributed by atoms with Gasteiger partial charge in [0.25, 0.3) is 0 Å². The Labute approximate surface area is 169 Å². The van der Waals surface area contributed by atoms with E-state index in [0.29, 0.717) is 37.9 Å². The number of rotatable bonds is 16. The van der Waals surface area contributed by atoms with Crippen molar-refractivity contribution >= 4 is 48.1 Å². The number of ether oxygens (including phenoxy) is 1. The fourth-order valence-electron chi connectivity index (χ4n) is 3.28. The van der Waals surface area contributed by atoms with Gasteiger partial charge in [-0.3, -0.25) is 0 Å². The molecule has 0 aliphatic heterocycles. The Bertz CT molecular complexity index is 536. The molecule has 7 nitrogen and oxygen atoms in total. The Kier molecular flexibility index (Phi) is 11.7. The van der Waals surface area contributed by atoms with Crippen LogP contribution in [0.15, 0.2) is 0 Å². The van der Waals surface area contributed by atoms with E-state index in [1.807, 2.05) is 20.0 Å². The van der Waals surface area contributed by atoms with E-state index in [4.69, 9.17) is 8.85 Å². The third kappa shape index (κ3) is 7.61. The van der Waals surface area contributed by atoms with Gasteiger partial charge in [0.05, 0.1) is 11.6 Å². The predicted molar refractivity (Wildman–Crippen MR) is 111 cm³/mol. The number of aldehydes is 5. The van der Waals surface area contributed by atoms with Crippen LogP contribution in [0, 0.1) is 17.8 Å². The molecule has 0 radical (unpaired) electrons. The minimum absolute atomic E-state index is 0.195. The summed E-state index contributed by atoms with van der Waals surface area (Å²) in [7, 11) is -4.24. The molecule has 0 aliphatic carbocycles. The monoisotopic (exact) mass is 430 g/mol. The molecule has 0 aliphatic rings. The van der Waals surface area contributed by atoms with Gasteiger partial charge in [0.1, 0.15) is 37.5 Å². The van der Waals surface area contributed by atoms with Crippen LogP contribution in [-0.2, 0) is 32.8 Å². The zero-order valence-corrected chi connectivity index (χ0v) is 19.8. The number of hydrogen-bond acceptors (Lipinski definition) is 7. The highest BCUT2D eigenvalue weighted by Crippen LogP contribution is 2.28. The normalized spacial score (nSPS) is 17.6. The molecule has 0 aromatic carbocycles. The lowest BCUT2D eigenvalue weighted by atomic mass is 9.80. The third-order valence-electron chi connectivity index (χ3n) is 5.17. The van der Waals surface area contributed by atoms with Gasteiger partial charge in [0.15, 0.2) is 8.32 Å². The van der Waals surface area contributed by atoms with Crippen molar-refractivity contribution in [1.82, 2.24) is 0 Å². The molecule has 5 unspecified atom stereocenters. The summed E-state index contributed by atoms with van der Waals surface area (Å²) in [6.07, 6.45) is 1.60. The molecule has 0 aromatic heterocycles. The highest BCUT2D eigenvalue weighted by atomic mass is 28.4. The van der Waals surface area contributed by atoms with E-state index < -0.39 is 40.5 Å². The topological polar surface area (TPSA) is 104 Å². The minimum Gasteiger partial charge on any atom is -0.454 e. The summed E-state index contributed by atoms with van der Waals surface area (Å²) in [5, 5.41) is 0. The van der Waals surface area contributed by atoms with Gasteiger partial charge in [-0.1, -0.05) is 13.8 Å². The van der Waals surface area contributed by atoms with Gasteiger partial charge in [0.2, 0.25) is 8.32 Å². The van der Waals surface area contributed by atoms with Crippen LogP contribution in [0.3, 0.4) is 0 Å². The average Bonchev–Trinajstić information content (AvgIpc) is 2.65. The maximum absolute atomic E-state index is 11.7. The van der Waals surface area contributed by atoms with E-state index in [0.717, 1.165) is 6.04 Å². The van der Waals surface area contributed by atoms with Gasteiger partial charge in [-0.15, -0.1) is 0 Å². The lowest BCUT2D eigenvalue weighted by Gasteiger charge is -2.40. The second-order valence-corrected chi connectivity index (χ2v) is 17.0. The molecule has 160 valence electrons. The molecule has 0 N–H and O–H groups in total. The highest BCUT2D eigenvalue weighted by Gasteiger charge is 2.42. The Balaban J connectivity index is 5.66. The summed E-state index contributed by atoms with van der Waals surface area (Å²) in [6, 6.07) is 0.938. The SMILES string of the molecule is CCC(OC(C=O)C(C=O)C(C=O)C(C=O)CC=O)[Si](C)(C)O[Si](C)(C)CC. The van der Waals surface area contributed by atoms with Crippen molar-refractivity contribution in [2.75, 3.05) is 0 Å². The van der Waals surface area contributed by atoms with Crippen molar-refractivity contribution in [3.05, 3.63) is 0 Å². The molecular weight excluding hydrogens is 396 g/mol. The van der Waals surface area contributed by atoms with Crippen molar-refractivity contribution in [3.63, 3.8) is 0 Å². The second-order valence-electron chi connectivity index (χ2n) is 8.08. The molecule has 0 fully saturated rings. The van der Waals surface area contributed by atoms with Gasteiger partial charge >= 0.3 is 0 Å². The Morgan fingerprint density at radius 1 is 0.821 bits per heavy atom. The van der Waals surface area contributed by atoms with E-state index in [1.165, 1.54) is 0 Å². The first-order valence-corrected chi connectivity index (χ1v) is 15.8. The smallest absolute Gasteiger partial charge is 0.202 e. The molecule has 0 heterocycles. The maximum Gasteiger partial charge on any atom is 0.202 e. The van der Waals surface area contributed by atoms with Gasteiger partial charge < -0.3 is 32.8 Å². The van der Waals surface area contributed by atoms with Gasteiger partial charge in [-0.05, 0) is 38.7 Å². The first kappa shape index (κ1) is 26.7. The van der Waals surface area contributed by atoms with E-state index in [9.17, 15) is 24.0 Å². The molecule has 0 bridgehead atoms. The number of carbonyl (C=O) groups excluding carboxylic acids is 5. The summed E-state index contributed by atoms with van der Waals surface area (Å²) in [5.41, 5.74) is -0.364. The summed E-state index contributed by atoms with van der Waals surface area (Å²) in [6.45, 7) is 12.3. The fraction of sp³-hybridized carbons (Fsp3) is 0.737. The molecule has 0 aromatic rings. The number of carbonyl (C=O) groups is 5. The molecule has 0 amide bonds. The van der Waals surface area contributed by atoms with Crippen LogP contribution >= 0.6 is 0 Å². The van der Waals surface area contributed by atoms with E-state index in [-0.39, 0.29) is 12.1 Å². The zero-order chi connectivity index (χ0) is 22.0. The first-order chi connectivity index (χ1) is 13.1. The summed E-state index contributed by atoms with van der Waals surface area (Å²) < 4.78 is 12.5. The Morgan fingerprint density at radius 3 is 1.75 bits per heavy atom. The van der Waals surface area contributed by atoms with Crippen LogP contribution < -0.4 is 0 Å². The van der Waals surface area contributed by atoms with Crippen LogP contribution in [0.5, 0.6) is 0 Å². The standard InChI is InChI=1S/C19H34O7Si2/c1-7-19(28(5,6)26-27(3,4)8-2)25-18(14-24)17(13-23)16(12-22)15(11-21)9-10-20/h10-19H,7-9H2,1-6H3. The van der Waals surface area contributed by atoms with Crippen LogP contribution in [0.4, 0.5) is 0 Å². The third-order valence-corrected chi connectivity index (χ3v) is 13.3. The van der Waals surface area contributed by atoms with E-state index >= 15 is 0 Å². The van der Waals surface area contributed by atoms with Crippen LogP contribution in [0.1, 0.15) is 26.7 Å². The molecule has 9 heteroatoms. The van der Waals surface area contributed by atoms with E-state index in [1.54, 1.807) is 0 Å². The predicted octanol–water partition coefficient (Wildman–Crippen LogP) is 2.37. The van der Waals surface area contributed by atoms with Gasteiger partial charge in [-0.25, -0.2) is 0 Å². The largest absolute Gasteiger partial charge is 0.454 e. The fourth-order valence-corrected chi connectivity index (χ4v) is 11.6. The van der Waals surface area contributed by atoms with Crippen molar-refractivity contribution in [2.24, 2.45) is 17.8 Å². The summed E-state index contributed by atoms with van der Waals surface area (Å²) in [5.74, 6) is -3.20. The van der Waals surface area contributed by atoms with E-state index in [2.05, 4.69) is 20.0 Å². The molecule has 0 spiro atoms. The Morgan fingerprint density at radius 2 is 1.39 bits per heavy atom. The number of hydrogen-bond donors (Lipinski definition) is 0. The lowest BCUT2D eigenvalue weighted by Crippen LogP contribution is -2.55. The van der Waals surface area contributed by atoms with Crippen LogP contribution in [0.25, 0.3) is 0 Å². The molecular formula is C19H34O7Si2. The van der Waals surface area contributed by atoms with Gasteiger partial charge in [-0.2, -0.15) is 0 Å². The average molecular weight is 431 g/mol. The molecule has 28 heavy (non-hydrogen) atoms. The summed E-state index contributed by atoms with van der Waals surface area (Å²) >= 11 is 0. The van der Waals surface area contributed by atoms with Crippen molar-refractivity contribution in [3.8, 4) is 0 Å². The van der Waals surface area contributed by atoms with Crippen LogP contribution in [-0.4, -0.2) is 59.9 Å². The van der Waals surface area contributed by atoms with Crippen molar-refractivity contribution in [1.29, 1.82) is 0 Å². The summed E-state index contributed by atoms with van der Waals surface area (Å²) in [4.78, 5) is 57.1. The Hall–Kier alpha value is -1.30.